The summed E-state index contributed by atoms with van der Waals surface area (Å²) in [5, 5.41) is 0.878. The standard InChI is InChI=1S/C13H12ClNO2/c1-7-5-10-9(3-4-12(17)15-10)8(2)13(7)11(16)6-14/h3-5H,6H2,1-2H3,(H,15,17). The third-order valence-electron chi connectivity index (χ3n) is 2.88. The Bertz CT molecular complexity index is 658. The molecule has 1 aromatic carbocycles. The molecule has 0 aliphatic carbocycles. The van der Waals surface area contributed by atoms with Crippen molar-refractivity contribution in [3.63, 3.8) is 0 Å². The lowest BCUT2D eigenvalue weighted by Crippen LogP contribution is -2.09. The molecule has 1 heterocycles. The lowest BCUT2D eigenvalue weighted by Gasteiger charge is -2.10. The number of Topliss-reactive ketones (excluding diaryl/α,β-unsaturated/α-hetero) is 1. The van der Waals surface area contributed by atoms with Gasteiger partial charge in [0.1, 0.15) is 0 Å². The number of fused-ring (bicyclic) bond motifs is 1. The number of nitrogens with one attached hydrogen (secondary N) is 1. The van der Waals surface area contributed by atoms with Crippen LogP contribution in [0.1, 0.15) is 21.5 Å². The molecule has 4 heteroatoms. The Morgan fingerprint density at radius 2 is 2.06 bits per heavy atom. The number of ketones is 1. The lowest BCUT2D eigenvalue weighted by atomic mass is 9.95. The van der Waals surface area contributed by atoms with Gasteiger partial charge < -0.3 is 4.98 Å². The van der Waals surface area contributed by atoms with Crippen LogP contribution >= 0.6 is 11.6 Å². The van der Waals surface area contributed by atoms with E-state index in [0.717, 1.165) is 22.0 Å². The van der Waals surface area contributed by atoms with Gasteiger partial charge in [0.25, 0.3) is 0 Å². The Labute approximate surface area is 103 Å². The molecule has 0 amide bonds. The fraction of sp³-hybridized carbons (Fsp3) is 0.231. The molecule has 17 heavy (non-hydrogen) atoms. The predicted molar refractivity (Wildman–Crippen MR) is 69.1 cm³/mol. The Kier molecular flexibility index (Phi) is 3.03. The number of alkyl halides is 1. The van der Waals surface area contributed by atoms with E-state index in [1.54, 1.807) is 6.07 Å². The molecule has 2 aromatic rings. The number of carbonyl (C=O) groups is 1. The summed E-state index contributed by atoms with van der Waals surface area (Å²) < 4.78 is 0. The number of halogens is 1. The number of aromatic nitrogens is 1. The van der Waals surface area contributed by atoms with Crippen LogP contribution in [0.25, 0.3) is 10.9 Å². The predicted octanol–water partition coefficient (Wildman–Crippen LogP) is 2.57. The average molecular weight is 250 g/mol. The van der Waals surface area contributed by atoms with Gasteiger partial charge in [-0.25, -0.2) is 0 Å². The Hall–Kier alpha value is -1.61. The first-order valence-electron chi connectivity index (χ1n) is 5.27. The number of hydrogen-bond donors (Lipinski definition) is 1. The number of rotatable bonds is 2. The smallest absolute Gasteiger partial charge is 0.248 e. The fourth-order valence-corrected chi connectivity index (χ4v) is 2.28. The second-order valence-corrected chi connectivity index (χ2v) is 4.30. The van der Waals surface area contributed by atoms with Crippen LogP contribution in [0.3, 0.4) is 0 Å². The summed E-state index contributed by atoms with van der Waals surface area (Å²) in [5.41, 5.74) is 2.95. The van der Waals surface area contributed by atoms with Gasteiger partial charge in [-0.2, -0.15) is 0 Å². The van der Waals surface area contributed by atoms with Crippen molar-refractivity contribution < 1.29 is 4.79 Å². The molecular weight excluding hydrogens is 238 g/mol. The van der Waals surface area contributed by atoms with Gasteiger partial charge in [-0.1, -0.05) is 0 Å². The van der Waals surface area contributed by atoms with E-state index in [-0.39, 0.29) is 17.2 Å². The van der Waals surface area contributed by atoms with Crippen molar-refractivity contribution in [1.82, 2.24) is 4.98 Å². The normalized spacial score (nSPS) is 10.8. The molecule has 1 N–H and O–H groups in total. The molecule has 2 rings (SSSR count). The maximum Gasteiger partial charge on any atom is 0.248 e. The average Bonchev–Trinajstić information content (AvgIpc) is 2.28. The van der Waals surface area contributed by atoms with E-state index in [1.165, 1.54) is 6.07 Å². The Morgan fingerprint density at radius 3 is 2.71 bits per heavy atom. The molecular formula is C13H12ClNO2. The number of aryl methyl sites for hydroxylation is 2. The van der Waals surface area contributed by atoms with E-state index in [2.05, 4.69) is 4.98 Å². The third-order valence-corrected chi connectivity index (χ3v) is 3.13. The highest BCUT2D eigenvalue weighted by molar-refractivity contribution is 6.31. The van der Waals surface area contributed by atoms with Crippen molar-refractivity contribution in [2.24, 2.45) is 0 Å². The number of aromatic amines is 1. The van der Waals surface area contributed by atoms with E-state index < -0.39 is 0 Å². The van der Waals surface area contributed by atoms with Gasteiger partial charge in [0, 0.05) is 22.5 Å². The minimum atomic E-state index is -0.146. The first-order chi connectivity index (χ1) is 8.04. The van der Waals surface area contributed by atoms with Crippen molar-refractivity contribution in [2.45, 2.75) is 13.8 Å². The van der Waals surface area contributed by atoms with Crippen LogP contribution in [0.2, 0.25) is 0 Å². The Balaban J connectivity index is 2.85. The quantitative estimate of drug-likeness (QED) is 0.657. The van der Waals surface area contributed by atoms with Gasteiger partial charge in [-0.05, 0) is 37.1 Å². The minimum Gasteiger partial charge on any atom is -0.322 e. The highest BCUT2D eigenvalue weighted by atomic mass is 35.5. The summed E-state index contributed by atoms with van der Waals surface area (Å²) in [7, 11) is 0. The van der Waals surface area contributed by atoms with Gasteiger partial charge in [0.15, 0.2) is 5.78 Å². The van der Waals surface area contributed by atoms with Gasteiger partial charge in [0.05, 0.1) is 5.88 Å². The summed E-state index contributed by atoms with van der Waals surface area (Å²) in [6.07, 6.45) is 0. The molecule has 88 valence electrons. The van der Waals surface area contributed by atoms with Crippen LogP contribution in [0, 0.1) is 13.8 Å². The maximum atomic E-state index is 11.8. The molecule has 1 aromatic heterocycles. The zero-order valence-corrected chi connectivity index (χ0v) is 10.4. The van der Waals surface area contributed by atoms with Crippen LogP contribution in [0.4, 0.5) is 0 Å². The van der Waals surface area contributed by atoms with E-state index in [0.29, 0.717) is 5.56 Å². The lowest BCUT2D eigenvalue weighted by molar-refractivity contribution is 0.102. The number of carbonyl (C=O) groups excluding carboxylic acids is 1. The summed E-state index contributed by atoms with van der Waals surface area (Å²) in [4.78, 5) is 25.8. The Morgan fingerprint density at radius 1 is 1.35 bits per heavy atom. The van der Waals surface area contributed by atoms with Gasteiger partial charge in [-0.15, -0.1) is 11.6 Å². The van der Waals surface area contributed by atoms with Crippen molar-refractivity contribution in [1.29, 1.82) is 0 Å². The summed E-state index contributed by atoms with van der Waals surface area (Å²) in [5.74, 6) is -0.119. The van der Waals surface area contributed by atoms with Crippen molar-refractivity contribution in [2.75, 3.05) is 5.88 Å². The molecule has 3 nitrogen and oxygen atoms in total. The molecule has 0 aliphatic heterocycles. The van der Waals surface area contributed by atoms with E-state index >= 15 is 0 Å². The monoisotopic (exact) mass is 249 g/mol. The number of pyridine rings is 1. The number of hydrogen-bond acceptors (Lipinski definition) is 2. The number of H-pyrrole nitrogens is 1. The van der Waals surface area contributed by atoms with Crippen molar-refractivity contribution in [3.8, 4) is 0 Å². The van der Waals surface area contributed by atoms with Crippen molar-refractivity contribution in [3.05, 3.63) is 45.2 Å². The van der Waals surface area contributed by atoms with Crippen LogP contribution < -0.4 is 5.56 Å². The van der Waals surface area contributed by atoms with E-state index in [9.17, 15) is 9.59 Å². The van der Waals surface area contributed by atoms with Crippen LogP contribution in [-0.2, 0) is 0 Å². The molecule has 0 atom stereocenters. The highest BCUT2D eigenvalue weighted by Crippen LogP contribution is 2.23. The second-order valence-electron chi connectivity index (χ2n) is 4.03. The molecule has 0 saturated carbocycles. The van der Waals surface area contributed by atoms with Crippen LogP contribution in [-0.4, -0.2) is 16.6 Å². The molecule has 0 fully saturated rings. The van der Waals surface area contributed by atoms with Crippen LogP contribution in [0.5, 0.6) is 0 Å². The maximum absolute atomic E-state index is 11.8. The zero-order valence-electron chi connectivity index (χ0n) is 9.63. The number of benzene rings is 1. The summed E-state index contributed by atoms with van der Waals surface area (Å²) in [6, 6.07) is 5.00. The minimum absolute atomic E-state index is 0.0312. The highest BCUT2D eigenvalue weighted by Gasteiger charge is 2.14. The topological polar surface area (TPSA) is 49.9 Å². The van der Waals surface area contributed by atoms with E-state index in [1.807, 2.05) is 19.9 Å². The molecule has 0 radical (unpaired) electrons. The van der Waals surface area contributed by atoms with Crippen molar-refractivity contribution >= 4 is 28.3 Å². The summed E-state index contributed by atoms with van der Waals surface area (Å²) in [6.45, 7) is 3.71. The first kappa shape index (κ1) is 11.9. The molecule has 0 spiro atoms. The third kappa shape index (κ3) is 1.98. The molecule has 0 unspecified atom stereocenters. The van der Waals surface area contributed by atoms with Gasteiger partial charge in [-0.3, -0.25) is 9.59 Å². The SMILES string of the molecule is Cc1cc2[nH]c(=O)ccc2c(C)c1C(=O)CCl. The summed E-state index contributed by atoms with van der Waals surface area (Å²) >= 11 is 5.60. The first-order valence-corrected chi connectivity index (χ1v) is 5.80. The van der Waals surface area contributed by atoms with Gasteiger partial charge in [0.2, 0.25) is 5.56 Å². The fourth-order valence-electron chi connectivity index (χ4n) is 2.15. The van der Waals surface area contributed by atoms with Crippen LogP contribution in [0.15, 0.2) is 23.0 Å². The molecule has 0 saturated heterocycles. The zero-order chi connectivity index (χ0) is 12.6. The molecule has 0 bridgehead atoms. The second kappa shape index (κ2) is 4.34. The largest absolute Gasteiger partial charge is 0.322 e. The van der Waals surface area contributed by atoms with E-state index in [4.69, 9.17) is 11.6 Å². The molecule has 0 aliphatic rings. The van der Waals surface area contributed by atoms with Gasteiger partial charge >= 0.3 is 0 Å².